The first-order chi connectivity index (χ1) is 9.13. The van der Waals surface area contributed by atoms with Crippen molar-refractivity contribution in [3.8, 4) is 0 Å². The molecule has 1 atom stereocenters. The quantitative estimate of drug-likeness (QED) is 0.679. The standard InChI is InChI=1S/C13H16F4N2.ClH/c14-2-1-13(19-5-3-18-4-6-19)9-7-11(16)12(17)8-10(9)15;/h7-8,13,18H,1-6H2;1H/t13-;/m0./s1. The molecule has 7 heteroatoms. The van der Waals surface area contributed by atoms with Crippen LogP contribution < -0.4 is 5.32 Å². The van der Waals surface area contributed by atoms with E-state index in [1.807, 2.05) is 4.90 Å². The molecule has 1 aliphatic heterocycles. The Bertz CT molecular complexity index is 439. The summed E-state index contributed by atoms with van der Waals surface area (Å²) in [7, 11) is 0. The lowest BCUT2D eigenvalue weighted by Crippen LogP contribution is -2.45. The van der Waals surface area contributed by atoms with Crippen molar-refractivity contribution in [3.63, 3.8) is 0 Å². The molecule has 0 spiro atoms. The number of alkyl halides is 1. The molecule has 1 saturated heterocycles. The van der Waals surface area contributed by atoms with Crippen molar-refractivity contribution in [3.05, 3.63) is 35.1 Å². The van der Waals surface area contributed by atoms with E-state index in [0.29, 0.717) is 32.2 Å². The van der Waals surface area contributed by atoms with Gasteiger partial charge in [0.25, 0.3) is 0 Å². The average Bonchev–Trinajstić information content (AvgIpc) is 2.42. The van der Waals surface area contributed by atoms with Crippen LogP contribution in [0.4, 0.5) is 17.6 Å². The zero-order chi connectivity index (χ0) is 13.8. The fourth-order valence-electron chi connectivity index (χ4n) is 2.43. The van der Waals surface area contributed by atoms with Crippen LogP contribution in [0.15, 0.2) is 12.1 Å². The van der Waals surface area contributed by atoms with E-state index in [0.717, 1.165) is 6.07 Å². The molecule has 0 unspecified atom stereocenters. The zero-order valence-electron chi connectivity index (χ0n) is 10.8. The second kappa shape index (κ2) is 7.81. The highest BCUT2D eigenvalue weighted by atomic mass is 35.5. The van der Waals surface area contributed by atoms with E-state index in [-0.39, 0.29) is 24.4 Å². The molecule has 0 aliphatic carbocycles. The lowest BCUT2D eigenvalue weighted by Gasteiger charge is -2.35. The third-order valence-corrected chi connectivity index (χ3v) is 3.37. The maximum Gasteiger partial charge on any atom is 0.161 e. The third-order valence-electron chi connectivity index (χ3n) is 3.37. The largest absolute Gasteiger partial charge is 0.314 e. The Morgan fingerprint density at radius 2 is 1.65 bits per heavy atom. The van der Waals surface area contributed by atoms with Crippen LogP contribution in [-0.2, 0) is 0 Å². The van der Waals surface area contributed by atoms with Gasteiger partial charge in [-0.3, -0.25) is 9.29 Å². The number of hydrogen-bond donors (Lipinski definition) is 1. The summed E-state index contributed by atoms with van der Waals surface area (Å²) in [6.45, 7) is 2.06. The predicted molar refractivity (Wildman–Crippen MR) is 71.3 cm³/mol. The van der Waals surface area contributed by atoms with Gasteiger partial charge in [-0.15, -0.1) is 12.4 Å². The monoisotopic (exact) mass is 312 g/mol. The SMILES string of the molecule is Cl.FCC[C@@H](c1cc(F)c(F)cc1F)N1CCNCC1. The maximum atomic E-state index is 13.8. The number of hydrogen-bond acceptors (Lipinski definition) is 2. The van der Waals surface area contributed by atoms with E-state index in [2.05, 4.69) is 5.32 Å². The summed E-state index contributed by atoms with van der Waals surface area (Å²) in [6, 6.07) is 0.813. The summed E-state index contributed by atoms with van der Waals surface area (Å²) in [5.41, 5.74) is 0.0263. The number of nitrogens with zero attached hydrogens (tertiary/aromatic N) is 1. The molecular weight excluding hydrogens is 296 g/mol. The van der Waals surface area contributed by atoms with Gasteiger partial charge in [-0.05, 0) is 12.5 Å². The summed E-state index contributed by atoms with van der Waals surface area (Å²) in [6.07, 6.45) is 0.0714. The van der Waals surface area contributed by atoms with Gasteiger partial charge in [0, 0.05) is 43.9 Å². The van der Waals surface area contributed by atoms with E-state index in [4.69, 9.17) is 0 Å². The van der Waals surface area contributed by atoms with Crippen molar-refractivity contribution < 1.29 is 17.6 Å². The number of rotatable bonds is 4. The summed E-state index contributed by atoms with van der Waals surface area (Å²) < 4.78 is 52.6. The van der Waals surface area contributed by atoms with Crippen LogP contribution in [0.25, 0.3) is 0 Å². The van der Waals surface area contributed by atoms with E-state index in [1.54, 1.807) is 0 Å². The van der Waals surface area contributed by atoms with Crippen LogP contribution in [0.3, 0.4) is 0 Å². The van der Waals surface area contributed by atoms with Crippen LogP contribution >= 0.6 is 12.4 Å². The van der Waals surface area contributed by atoms with Gasteiger partial charge in [0.1, 0.15) is 5.82 Å². The summed E-state index contributed by atoms with van der Waals surface area (Å²) in [5, 5.41) is 3.14. The van der Waals surface area contributed by atoms with E-state index in [9.17, 15) is 17.6 Å². The fourth-order valence-corrected chi connectivity index (χ4v) is 2.43. The highest BCUT2D eigenvalue weighted by molar-refractivity contribution is 5.85. The average molecular weight is 313 g/mol. The molecular formula is C13H17ClF4N2. The second-order valence-electron chi connectivity index (χ2n) is 4.57. The smallest absolute Gasteiger partial charge is 0.161 e. The van der Waals surface area contributed by atoms with E-state index >= 15 is 0 Å². The molecule has 1 fully saturated rings. The van der Waals surface area contributed by atoms with Crippen molar-refractivity contribution in [2.45, 2.75) is 12.5 Å². The number of nitrogens with one attached hydrogen (secondary N) is 1. The van der Waals surface area contributed by atoms with E-state index < -0.39 is 30.2 Å². The lowest BCUT2D eigenvalue weighted by molar-refractivity contribution is 0.154. The first-order valence-corrected chi connectivity index (χ1v) is 6.28. The number of benzene rings is 1. The normalized spacial score (nSPS) is 17.6. The second-order valence-corrected chi connectivity index (χ2v) is 4.57. The molecule has 0 amide bonds. The molecule has 2 rings (SSSR count). The minimum atomic E-state index is -1.22. The van der Waals surface area contributed by atoms with Gasteiger partial charge in [-0.1, -0.05) is 0 Å². The van der Waals surface area contributed by atoms with Crippen molar-refractivity contribution in [2.75, 3.05) is 32.9 Å². The Morgan fingerprint density at radius 1 is 1.05 bits per heavy atom. The van der Waals surface area contributed by atoms with Crippen LogP contribution in [0, 0.1) is 17.5 Å². The van der Waals surface area contributed by atoms with Gasteiger partial charge >= 0.3 is 0 Å². The first-order valence-electron chi connectivity index (χ1n) is 6.28. The molecule has 114 valence electrons. The molecule has 0 saturated carbocycles. The predicted octanol–water partition coefficient (Wildman–Crippen LogP) is 2.83. The molecule has 0 radical (unpaired) electrons. The Morgan fingerprint density at radius 3 is 2.25 bits per heavy atom. The Hall–Kier alpha value is -0.850. The van der Waals surface area contributed by atoms with Gasteiger partial charge in [-0.25, -0.2) is 13.2 Å². The molecule has 0 bridgehead atoms. The topological polar surface area (TPSA) is 15.3 Å². The molecule has 1 N–H and O–H groups in total. The van der Waals surface area contributed by atoms with Crippen molar-refractivity contribution in [2.24, 2.45) is 0 Å². The molecule has 1 heterocycles. The minimum absolute atomic E-state index is 0. The molecule has 2 nitrogen and oxygen atoms in total. The highest BCUT2D eigenvalue weighted by Crippen LogP contribution is 2.28. The minimum Gasteiger partial charge on any atom is -0.314 e. The maximum absolute atomic E-state index is 13.8. The van der Waals surface area contributed by atoms with Gasteiger partial charge < -0.3 is 5.32 Å². The van der Waals surface area contributed by atoms with Crippen LogP contribution in [0.1, 0.15) is 18.0 Å². The molecule has 1 aliphatic rings. The van der Waals surface area contributed by atoms with Crippen LogP contribution in [-0.4, -0.2) is 37.8 Å². The fraction of sp³-hybridized carbons (Fsp3) is 0.538. The highest BCUT2D eigenvalue weighted by Gasteiger charge is 2.25. The number of halogens is 5. The van der Waals surface area contributed by atoms with Crippen molar-refractivity contribution >= 4 is 12.4 Å². The summed E-state index contributed by atoms with van der Waals surface area (Å²) >= 11 is 0. The Kier molecular flexibility index (Phi) is 6.71. The van der Waals surface area contributed by atoms with Gasteiger partial charge in [-0.2, -0.15) is 0 Å². The third kappa shape index (κ3) is 3.84. The summed E-state index contributed by atoms with van der Waals surface area (Å²) in [4.78, 5) is 1.89. The first kappa shape index (κ1) is 17.2. The zero-order valence-corrected chi connectivity index (χ0v) is 11.7. The molecule has 20 heavy (non-hydrogen) atoms. The molecule has 1 aromatic carbocycles. The molecule has 0 aromatic heterocycles. The van der Waals surface area contributed by atoms with Crippen LogP contribution in [0.2, 0.25) is 0 Å². The van der Waals surface area contributed by atoms with E-state index in [1.165, 1.54) is 0 Å². The summed E-state index contributed by atoms with van der Waals surface area (Å²) in [5.74, 6) is -3.15. The van der Waals surface area contributed by atoms with Gasteiger partial charge in [0.2, 0.25) is 0 Å². The van der Waals surface area contributed by atoms with Crippen molar-refractivity contribution in [1.82, 2.24) is 10.2 Å². The molecule has 1 aromatic rings. The lowest BCUT2D eigenvalue weighted by atomic mass is 10.0. The Balaban J connectivity index is 0.00000200. The van der Waals surface area contributed by atoms with Gasteiger partial charge in [0.15, 0.2) is 11.6 Å². The van der Waals surface area contributed by atoms with Crippen molar-refractivity contribution in [1.29, 1.82) is 0 Å². The number of piperazine rings is 1. The van der Waals surface area contributed by atoms with Gasteiger partial charge in [0.05, 0.1) is 6.67 Å². The van der Waals surface area contributed by atoms with Crippen LogP contribution in [0.5, 0.6) is 0 Å². The Labute approximate surface area is 121 Å².